The number of hydrogen-bond acceptors (Lipinski definition) is 5. The van der Waals surface area contributed by atoms with Crippen molar-refractivity contribution < 1.29 is 9.47 Å². The lowest BCUT2D eigenvalue weighted by atomic mass is 10.1. The van der Waals surface area contributed by atoms with Crippen molar-refractivity contribution in [3.05, 3.63) is 18.2 Å². The number of halogens is 1. The van der Waals surface area contributed by atoms with Gasteiger partial charge in [-0.3, -0.25) is 4.99 Å². The topological polar surface area (TPSA) is 61.4 Å². The van der Waals surface area contributed by atoms with Crippen LogP contribution in [0.25, 0.3) is 0 Å². The average Bonchev–Trinajstić information content (AvgIpc) is 2.73. The van der Waals surface area contributed by atoms with Gasteiger partial charge in [0.15, 0.2) is 17.5 Å². The number of rotatable bonds is 10. The Balaban J connectivity index is 0.00000450. The van der Waals surface area contributed by atoms with Crippen LogP contribution in [-0.2, 0) is 0 Å². The Morgan fingerprint density at radius 1 is 1.10 bits per heavy atom. The molecule has 7 nitrogen and oxygen atoms in total. The van der Waals surface area contributed by atoms with Crippen molar-refractivity contribution in [1.82, 2.24) is 15.1 Å². The maximum absolute atomic E-state index is 5.67. The Morgan fingerprint density at radius 3 is 2.40 bits per heavy atom. The number of methoxy groups -OCH3 is 1. The molecule has 0 spiro atoms. The van der Waals surface area contributed by atoms with Gasteiger partial charge < -0.3 is 29.9 Å². The highest BCUT2D eigenvalue weighted by Gasteiger charge is 2.17. The fourth-order valence-electron chi connectivity index (χ4n) is 3.50. The zero-order chi connectivity index (χ0) is 21.1. The molecule has 1 fully saturated rings. The molecule has 1 atom stereocenters. The van der Waals surface area contributed by atoms with Gasteiger partial charge in [0.25, 0.3) is 0 Å². The van der Waals surface area contributed by atoms with Gasteiger partial charge in [0.05, 0.1) is 13.7 Å². The van der Waals surface area contributed by atoms with Crippen LogP contribution in [0.4, 0.5) is 5.69 Å². The summed E-state index contributed by atoms with van der Waals surface area (Å²) in [7, 11) is 1.65. The maximum Gasteiger partial charge on any atom is 0.195 e. The number of nitrogens with one attached hydrogen (secondary N) is 2. The molecule has 1 saturated heterocycles. The molecule has 0 bridgehead atoms. The maximum atomic E-state index is 5.67. The van der Waals surface area contributed by atoms with Crippen LogP contribution in [0.15, 0.2) is 23.2 Å². The van der Waals surface area contributed by atoms with Crippen LogP contribution in [0.2, 0.25) is 0 Å². The summed E-state index contributed by atoms with van der Waals surface area (Å²) < 4.78 is 11.0. The molecular weight excluding hydrogens is 493 g/mol. The molecule has 0 radical (unpaired) electrons. The molecule has 1 aromatic rings. The predicted octanol–water partition coefficient (Wildman–Crippen LogP) is 3.36. The van der Waals surface area contributed by atoms with E-state index >= 15 is 0 Å². The third-order valence-corrected chi connectivity index (χ3v) is 5.11. The van der Waals surface area contributed by atoms with E-state index in [-0.39, 0.29) is 24.0 Å². The second-order valence-electron chi connectivity index (χ2n) is 7.48. The first kappa shape index (κ1) is 26.8. The largest absolute Gasteiger partial charge is 0.493 e. The van der Waals surface area contributed by atoms with E-state index < -0.39 is 0 Å². The molecule has 1 aliphatic rings. The van der Waals surface area contributed by atoms with Gasteiger partial charge in [-0.1, -0.05) is 13.8 Å². The van der Waals surface area contributed by atoms with Gasteiger partial charge in [-0.05, 0) is 38.4 Å². The highest BCUT2D eigenvalue weighted by Crippen LogP contribution is 2.30. The van der Waals surface area contributed by atoms with E-state index in [0.29, 0.717) is 12.5 Å². The molecule has 2 rings (SSSR count). The van der Waals surface area contributed by atoms with E-state index in [1.807, 2.05) is 25.1 Å². The SMILES string of the molecule is CCNC(=NCC(C)CN1CCN(CC)CC1)Nc1ccc(OC)c(OCC)c1.I. The fraction of sp³-hybridized carbons (Fsp3) is 0.682. The number of anilines is 1. The summed E-state index contributed by atoms with van der Waals surface area (Å²) >= 11 is 0. The van der Waals surface area contributed by atoms with Gasteiger partial charge in [-0.2, -0.15) is 0 Å². The van der Waals surface area contributed by atoms with E-state index in [0.717, 1.165) is 62.4 Å². The van der Waals surface area contributed by atoms with Gasteiger partial charge in [-0.15, -0.1) is 24.0 Å². The summed E-state index contributed by atoms with van der Waals surface area (Å²) in [5, 5.41) is 6.72. The molecule has 172 valence electrons. The Hall–Kier alpha value is -1.26. The van der Waals surface area contributed by atoms with E-state index in [9.17, 15) is 0 Å². The Morgan fingerprint density at radius 2 is 1.80 bits per heavy atom. The van der Waals surface area contributed by atoms with Gasteiger partial charge in [0, 0.05) is 57.6 Å². The minimum atomic E-state index is 0. The molecule has 0 amide bonds. The molecule has 0 saturated carbocycles. The van der Waals surface area contributed by atoms with E-state index in [4.69, 9.17) is 14.5 Å². The van der Waals surface area contributed by atoms with Crippen LogP contribution in [0.1, 0.15) is 27.7 Å². The first-order chi connectivity index (χ1) is 14.1. The van der Waals surface area contributed by atoms with E-state index in [1.165, 1.54) is 13.1 Å². The van der Waals surface area contributed by atoms with Crippen molar-refractivity contribution in [2.24, 2.45) is 10.9 Å². The van der Waals surface area contributed by atoms with Crippen molar-refractivity contribution in [1.29, 1.82) is 0 Å². The highest BCUT2D eigenvalue weighted by molar-refractivity contribution is 14.0. The Kier molecular flexibility index (Phi) is 13.1. The first-order valence-corrected chi connectivity index (χ1v) is 10.9. The smallest absolute Gasteiger partial charge is 0.195 e. The monoisotopic (exact) mass is 533 g/mol. The lowest BCUT2D eigenvalue weighted by Gasteiger charge is -2.35. The average molecular weight is 533 g/mol. The zero-order valence-corrected chi connectivity index (χ0v) is 21.6. The number of hydrogen-bond donors (Lipinski definition) is 2. The first-order valence-electron chi connectivity index (χ1n) is 10.9. The molecule has 1 unspecified atom stereocenters. The number of benzene rings is 1. The molecule has 8 heteroatoms. The summed E-state index contributed by atoms with van der Waals surface area (Å²) in [5.74, 6) is 2.77. The second kappa shape index (κ2) is 14.7. The lowest BCUT2D eigenvalue weighted by molar-refractivity contribution is 0.125. The Bertz CT molecular complexity index is 636. The minimum absolute atomic E-state index is 0. The van der Waals surface area contributed by atoms with Crippen LogP contribution in [0.3, 0.4) is 0 Å². The molecule has 1 aromatic carbocycles. The van der Waals surface area contributed by atoms with E-state index in [1.54, 1.807) is 7.11 Å². The quantitative estimate of drug-likeness (QED) is 0.273. The van der Waals surface area contributed by atoms with E-state index in [2.05, 4.69) is 41.2 Å². The number of ether oxygens (including phenoxy) is 2. The van der Waals surface area contributed by atoms with Gasteiger partial charge in [0.2, 0.25) is 0 Å². The third kappa shape index (κ3) is 8.85. The van der Waals surface area contributed by atoms with Crippen molar-refractivity contribution in [3.8, 4) is 11.5 Å². The number of nitrogens with zero attached hydrogens (tertiary/aromatic N) is 3. The summed E-state index contributed by atoms with van der Waals surface area (Å²) in [4.78, 5) is 9.88. The summed E-state index contributed by atoms with van der Waals surface area (Å²) in [6.07, 6.45) is 0. The number of guanidine groups is 1. The molecule has 0 aliphatic carbocycles. The van der Waals surface area contributed by atoms with Crippen LogP contribution in [0.5, 0.6) is 11.5 Å². The third-order valence-electron chi connectivity index (χ3n) is 5.11. The summed E-state index contributed by atoms with van der Waals surface area (Å²) in [6.45, 7) is 17.7. The van der Waals surface area contributed by atoms with Crippen LogP contribution >= 0.6 is 24.0 Å². The standard InChI is InChI=1S/C22H39N5O2.HI/c1-6-23-22(25-19-9-10-20(28-5)21(15-19)29-8-3)24-16-18(4)17-27-13-11-26(7-2)12-14-27;/h9-10,15,18H,6-8,11-14,16-17H2,1-5H3,(H2,23,24,25);1H. The molecule has 1 heterocycles. The number of piperazine rings is 1. The summed E-state index contributed by atoms with van der Waals surface area (Å²) in [5.41, 5.74) is 0.928. The van der Waals surface area contributed by atoms with Crippen molar-refractivity contribution in [2.75, 3.05) is 71.4 Å². The molecule has 1 aliphatic heterocycles. The van der Waals surface area contributed by atoms with Gasteiger partial charge in [-0.25, -0.2) is 0 Å². The van der Waals surface area contributed by atoms with Crippen molar-refractivity contribution in [2.45, 2.75) is 27.7 Å². The normalized spacial score (nSPS) is 16.5. The van der Waals surface area contributed by atoms with Gasteiger partial charge >= 0.3 is 0 Å². The van der Waals surface area contributed by atoms with Gasteiger partial charge in [0.1, 0.15) is 0 Å². The molecule has 0 aromatic heterocycles. The van der Waals surface area contributed by atoms with Crippen molar-refractivity contribution in [3.63, 3.8) is 0 Å². The van der Waals surface area contributed by atoms with Crippen LogP contribution < -0.4 is 20.1 Å². The highest BCUT2D eigenvalue weighted by atomic mass is 127. The molecule has 2 N–H and O–H groups in total. The molecular formula is C22H40IN5O2. The number of likely N-dealkylation sites (N-methyl/N-ethyl adjacent to an activating group) is 1. The van der Waals surface area contributed by atoms with Crippen molar-refractivity contribution >= 4 is 35.6 Å². The lowest BCUT2D eigenvalue weighted by Crippen LogP contribution is -2.47. The Labute approximate surface area is 199 Å². The fourth-order valence-corrected chi connectivity index (χ4v) is 3.50. The zero-order valence-electron chi connectivity index (χ0n) is 19.2. The minimum Gasteiger partial charge on any atom is -0.493 e. The molecule has 30 heavy (non-hydrogen) atoms. The number of aliphatic imine (C=N–C) groups is 1. The van der Waals surface area contributed by atoms with Crippen LogP contribution in [0, 0.1) is 5.92 Å². The predicted molar refractivity (Wildman–Crippen MR) is 137 cm³/mol. The summed E-state index contributed by atoms with van der Waals surface area (Å²) in [6, 6.07) is 5.84. The second-order valence-corrected chi connectivity index (χ2v) is 7.48. The van der Waals surface area contributed by atoms with Crippen LogP contribution in [-0.4, -0.2) is 81.8 Å².